The number of hydrogen-bond acceptors (Lipinski definition) is 2. The Bertz CT molecular complexity index is 703. The van der Waals surface area contributed by atoms with Gasteiger partial charge in [-0.3, -0.25) is 0 Å². The highest BCUT2D eigenvalue weighted by molar-refractivity contribution is 5.76. The number of likely N-dealkylation sites (tertiary alicyclic amines) is 1. The van der Waals surface area contributed by atoms with Crippen LogP contribution in [0.3, 0.4) is 0 Å². The Balaban J connectivity index is 1.53. The number of halogens is 2. The van der Waals surface area contributed by atoms with Crippen LogP contribution in [0.5, 0.6) is 0 Å². The Morgan fingerprint density at radius 2 is 2.00 bits per heavy atom. The van der Waals surface area contributed by atoms with Gasteiger partial charge in [0.25, 0.3) is 5.92 Å². The van der Waals surface area contributed by atoms with Crippen molar-refractivity contribution in [3.8, 4) is 0 Å². The number of fused-ring (bicyclic) bond motifs is 1. The van der Waals surface area contributed by atoms with Crippen LogP contribution in [-0.4, -0.2) is 46.0 Å². The summed E-state index contributed by atoms with van der Waals surface area (Å²) in [6.45, 7) is 0.638. The van der Waals surface area contributed by atoms with Crippen LogP contribution in [-0.2, 0) is 13.5 Å². The second-order valence-corrected chi connectivity index (χ2v) is 5.90. The number of carbonyl (C=O) groups excluding carboxylic acids is 1. The molecule has 1 aliphatic heterocycles. The summed E-state index contributed by atoms with van der Waals surface area (Å²) in [5.74, 6) is -1.75. The normalized spacial score (nSPS) is 17.4. The topological polar surface area (TPSA) is 50.2 Å². The number of para-hydroxylation sites is 2. The van der Waals surface area contributed by atoms with Gasteiger partial charge < -0.3 is 14.8 Å². The Labute approximate surface area is 133 Å². The molecule has 3 rings (SSSR count). The molecule has 23 heavy (non-hydrogen) atoms. The highest BCUT2D eigenvalue weighted by atomic mass is 19.3. The van der Waals surface area contributed by atoms with E-state index in [-0.39, 0.29) is 32.0 Å². The highest BCUT2D eigenvalue weighted by Crippen LogP contribution is 2.27. The first kappa shape index (κ1) is 15.7. The van der Waals surface area contributed by atoms with Crippen LogP contribution in [0.2, 0.25) is 0 Å². The average Bonchev–Trinajstić information content (AvgIpc) is 2.84. The number of aromatic nitrogens is 2. The van der Waals surface area contributed by atoms with Crippen molar-refractivity contribution >= 4 is 17.1 Å². The van der Waals surface area contributed by atoms with E-state index < -0.39 is 5.92 Å². The summed E-state index contributed by atoms with van der Waals surface area (Å²) in [5, 5.41) is 2.79. The number of urea groups is 1. The van der Waals surface area contributed by atoms with Crippen molar-refractivity contribution in [2.24, 2.45) is 7.05 Å². The molecule has 0 radical (unpaired) electrons. The van der Waals surface area contributed by atoms with Gasteiger partial charge >= 0.3 is 6.03 Å². The fourth-order valence-corrected chi connectivity index (χ4v) is 2.85. The minimum absolute atomic E-state index is 0.102. The SMILES string of the molecule is Cn1c(CCNC(=O)N2CCC(F)(F)CC2)nc2ccccc21. The number of alkyl halides is 2. The maximum absolute atomic E-state index is 13.1. The van der Waals surface area contributed by atoms with E-state index in [4.69, 9.17) is 0 Å². The van der Waals surface area contributed by atoms with Crippen LogP contribution < -0.4 is 5.32 Å². The highest BCUT2D eigenvalue weighted by Gasteiger charge is 2.35. The molecular weight excluding hydrogens is 302 g/mol. The summed E-state index contributed by atoms with van der Waals surface area (Å²) in [5.41, 5.74) is 1.97. The summed E-state index contributed by atoms with van der Waals surface area (Å²) in [4.78, 5) is 18.0. The number of piperidine rings is 1. The van der Waals surface area contributed by atoms with Gasteiger partial charge in [0.1, 0.15) is 5.82 Å². The minimum Gasteiger partial charge on any atom is -0.338 e. The smallest absolute Gasteiger partial charge is 0.317 e. The fraction of sp³-hybridized carbons (Fsp3) is 0.500. The van der Waals surface area contributed by atoms with E-state index in [1.807, 2.05) is 35.9 Å². The van der Waals surface area contributed by atoms with E-state index in [1.54, 1.807) is 0 Å². The Hall–Kier alpha value is -2.18. The van der Waals surface area contributed by atoms with E-state index in [0.717, 1.165) is 16.9 Å². The maximum atomic E-state index is 13.1. The first-order chi connectivity index (χ1) is 11.0. The van der Waals surface area contributed by atoms with E-state index in [0.29, 0.717) is 13.0 Å². The van der Waals surface area contributed by atoms with E-state index in [9.17, 15) is 13.6 Å². The molecule has 0 unspecified atom stereocenters. The van der Waals surface area contributed by atoms with Crippen LogP contribution >= 0.6 is 0 Å². The van der Waals surface area contributed by atoms with Gasteiger partial charge in [-0.25, -0.2) is 18.6 Å². The minimum atomic E-state index is -2.64. The zero-order valence-electron chi connectivity index (χ0n) is 13.1. The van der Waals surface area contributed by atoms with Crippen molar-refractivity contribution in [2.75, 3.05) is 19.6 Å². The monoisotopic (exact) mass is 322 g/mol. The second-order valence-electron chi connectivity index (χ2n) is 5.90. The lowest BCUT2D eigenvalue weighted by Gasteiger charge is -2.31. The van der Waals surface area contributed by atoms with E-state index in [2.05, 4.69) is 10.3 Å². The van der Waals surface area contributed by atoms with Crippen molar-refractivity contribution in [1.82, 2.24) is 19.8 Å². The second kappa shape index (κ2) is 6.14. The Kier molecular flexibility index (Phi) is 4.19. The third-order valence-electron chi connectivity index (χ3n) is 4.29. The van der Waals surface area contributed by atoms with Gasteiger partial charge in [0, 0.05) is 45.9 Å². The summed E-state index contributed by atoms with van der Waals surface area (Å²) >= 11 is 0. The van der Waals surface area contributed by atoms with Gasteiger partial charge in [-0.2, -0.15) is 0 Å². The number of benzene rings is 1. The fourth-order valence-electron chi connectivity index (χ4n) is 2.85. The molecule has 1 fully saturated rings. The van der Waals surface area contributed by atoms with Gasteiger partial charge in [-0.1, -0.05) is 12.1 Å². The molecule has 0 saturated carbocycles. The number of nitrogens with zero attached hydrogens (tertiary/aromatic N) is 3. The third-order valence-corrected chi connectivity index (χ3v) is 4.29. The molecule has 124 valence electrons. The zero-order chi connectivity index (χ0) is 16.4. The largest absolute Gasteiger partial charge is 0.338 e. The molecule has 5 nitrogen and oxygen atoms in total. The predicted molar refractivity (Wildman–Crippen MR) is 83.6 cm³/mol. The number of carbonyl (C=O) groups is 1. The zero-order valence-corrected chi connectivity index (χ0v) is 13.1. The standard InChI is InChI=1S/C16H20F2N4O/c1-21-13-5-3-2-4-12(13)20-14(21)6-9-19-15(23)22-10-7-16(17,18)8-11-22/h2-5H,6-11H2,1H3,(H,19,23). The maximum Gasteiger partial charge on any atom is 0.317 e. The molecule has 2 aromatic rings. The van der Waals surface area contributed by atoms with Gasteiger partial charge in [-0.15, -0.1) is 0 Å². The number of hydrogen-bond donors (Lipinski definition) is 1. The molecule has 1 aromatic carbocycles. The van der Waals surface area contributed by atoms with Crippen molar-refractivity contribution in [3.63, 3.8) is 0 Å². The number of amides is 2. The Morgan fingerprint density at radius 1 is 1.30 bits per heavy atom. The summed E-state index contributed by atoms with van der Waals surface area (Å²) in [6.07, 6.45) is 0.0806. The molecular formula is C16H20F2N4O. The average molecular weight is 322 g/mol. The number of imidazole rings is 1. The lowest BCUT2D eigenvalue weighted by atomic mass is 10.1. The molecule has 0 bridgehead atoms. The molecule has 1 N–H and O–H groups in total. The van der Waals surface area contributed by atoms with Crippen LogP contribution in [0.1, 0.15) is 18.7 Å². The molecule has 0 aliphatic carbocycles. The molecule has 0 atom stereocenters. The number of rotatable bonds is 3. The molecule has 1 saturated heterocycles. The van der Waals surface area contributed by atoms with Gasteiger partial charge in [0.15, 0.2) is 0 Å². The molecule has 7 heteroatoms. The summed E-state index contributed by atoms with van der Waals surface area (Å²) < 4.78 is 28.2. The van der Waals surface area contributed by atoms with Crippen molar-refractivity contribution in [1.29, 1.82) is 0 Å². The van der Waals surface area contributed by atoms with Crippen molar-refractivity contribution < 1.29 is 13.6 Å². The first-order valence-corrected chi connectivity index (χ1v) is 7.77. The molecule has 1 aliphatic rings. The van der Waals surface area contributed by atoms with Gasteiger partial charge in [0.2, 0.25) is 0 Å². The summed E-state index contributed by atoms with van der Waals surface area (Å²) in [7, 11) is 1.94. The van der Waals surface area contributed by atoms with Crippen molar-refractivity contribution in [2.45, 2.75) is 25.2 Å². The molecule has 2 heterocycles. The molecule has 2 amide bonds. The number of nitrogens with one attached hydrogen (secondary N) is 1. The first-order valence-electron chi connectivity index (χ1n) is 7.77. The Morgan fingerprint density at radius 3 is 2.70 bits per heavy atom. The predicted octanol–water partition coefficient (Wildman–Crippen LogP) is 2.56. The van der Waals surface area contributed by atoms with Crippen LogP contribution in [0.4, 0.5) is 13.6 Å². The van der Waals surface area contributed by atoms with Crippen LogP contribution in [0.25, 0.3) is 11.0 Å². The van der Waals surface area contributed by atoms with E-state index in [1.165, 1.54) is 4.90 Å². The number of aryl methyl sites for hydroxylation is 1. The van der Waals surface area contributed by atoms with Gasteiger partial charge in [0.05, 0.1) is 11.0 Å². The lowest BCUT2D eigenvalue weighted by Crippen LogP contribution is -2.47. The molecule has 0 spiro atoms. The third kappa shape index (κ3) is 3.43. The van der Waals surface area contributed by atoms with Gasteiger partial charge in [-0.05, 0) is 12.1 Å². The quantitative estimate of drug-likeness (QED) is 0.944. The van der Waals surface area contributed by atoms with E-state index >= 15 is 0 Å². The van der Waals surface area contributed by atoms with Crippen LogP contribution in [0, 0.1) is 0 Å². The van der Waals surface area contributed by atoms with Crippen molar-refractivity contribution in [3.05, 3.63) is 30.1 Å². The lowest BCUT2D eigenvalue weighted by molar-refractivity contribution is -0.0469. The van der Waals surface area contributed by atoms with Crippen LogP contribution in [0.15, 0.2) is 24.3 Å². The molecule has 1 aromatic heterocycles. The summed E-state index contributed by atoms with van der Waals surface area (Å²) in [6, 6.07) is 7.57.